The first-order chi connectivity index (χ1) is 15.3. The minimum atomic E-state index is -3.35. The molecule has 0 saturated heterocycles. The Labute approximate surface area is 193 Å². The van der Waals surface area contributed by atoms with E-state index in [4.69, 9.17) is 54.3 Å². The predicted octanol–water partition coefficient (Wildman–Crippen LogP) is 8.08. The van der Waals surface area contributed by atoms with Crippen molar-refractivity contribution in [3.8, 4) is 0 Å². The molecular weight excluding hydrogens is 500 g/mol. The van der Waals surface area contributed by atoms with E-state index in [0.29, 0.717) is 0 Å². The van der Waals surface area contributed by atoms with Crippen molar-refractivity contribution >= 4 is 30.6 Å². The topological polar surface area (TPSA) is 123 Å². The third-order valence-electron chi connectivity index (χ3n) is 3.28. The number of nitrogens with zero attached hydrogens (tertiary/aromatic N) is 4. The predicted molar refractivity (Wildman–Crippen MR) is 130 cm³/mol. The van der Waals surface area contributed by atoms with E-state index in [1.807, 2.05) is 55.4 Å². The molecule has 0 fully saturated rings. The van der Waals surface area contributed by atoms with Gasteiger partial charge in [-0.05, 0) is 55.4 Å². The zero-order valence-electron chi connectivity index (χ0n) is 20.5. The molecule has 12 nitrogen and oxygen atoms in total. The SMILES string of the molecule is CCOP1(OCC)=NP(OCC)(OCC)=NP(OCC)(OCC)=NP(OCC)(OCC)=N1. The molecular formula is C16H40N4O8P4. The summed E-state index contributed by atoms with van der Waals surface area (Å²) in [6.45, 7) is 17.0. The van der Waals surface area contributed by atoms with Crippen LogP contribution in [0.2, 0.25) is 0 Å². The van der Waals surface area contributed by atoms with Gasteiger partial charge in [0, 0.05) is 0 Å². The first kappa shape index (κ1) is 30.6. The lowest BCUT2D eigenvalue weighted by Crippen LogP contribution is -2.04. The molecule has 0 aromatic heterocycles. The van der Waals surface area contributed by atoms with Gasteiger partial charge in [-0.3, -0.25) is 0 Å². The fourth-order valence-electron chi connectivity index (χ4n) is 2.55. The summed E-state index contributed by atoms with van der Waals surface area (Å²) < 4.78 is 67.7. The molecule has 0 radical (unpaired) electrons. The van der Waals surface area contributed by atoms with Crippen molar-refractivity contribution in [1.29, 1.82) is 0 Å². The van der Waals surface area contributed by atoms with Gasteiger partial charge in [-0.25, -0.2) is 0 Å². The first-order valence-electron chi connectivity index (χ1n) is 11.0. The van der Waals surface area contributed by atoms with E-state index in [9.17, 15) is 0 Å². The molecule has 192 valence electrons. The second kappa shape index (κ2) is 14.9. The zero-order valence-corrected chi connectivity index (χ0v) is 24.1. The van der Waals surface area contributed by atoms with Gasteiger partial charge >= 0.3 is 30.6 Å². The molecule has 0 aromatic carbocycles. The molecule has 1 aliphatic rings. The van der Waals surface area contributed by atoms with Crippen LogP contribution in [0.1, 0.15) is 55.4 Å². The van der Waals surface area contributed by atoms with Crippen LogP contribution in [0.25, 0.3) is 0 Å². The average molecular weight is 540 g/mol. The Balaban J connectivity index is 4.24. The van der Waals surface area contributed by atoms with Crippen LogP contribution in [0.4, 0.5) is 0 Å². The number of rotatable bonds is 16. The first-order valence-corrected chi connectivity index (χ1v) is 17.1. The van der Waals surface area contributed by atoms with E-state index in [1.165, 1.54) is 0 Å². The Morgan fingerprint density at radius 1 is 0.312 bits per heavy atom. The highest BCUT2D eigenvalue weighted by Crippen LogP contribution is 2.80. The van der Waals surface area contributed by atoms with Crippen LogP contribution in [0, 0.1) is 0 Å². The molecule has 0 unspecified atom stereocenters. The Kier molecular flexibility index (Phi) is 14.2. The fraction of sp³-hybridized carbons (Fsp3) is 1.00. The summed E-state index contributed by atoms with van der Waals surface area (Å²) in [6, 6.07) is 0. The molecule has 32 heavy (non-hydrogen) atoms. The normalized spacial score (nSPS) is 20.8. The molecule has 1 rings (SSSR count). The molecule has 0 N–H and O–H groups in total. The lowest BCUT2D eigenvalue weighted by atomic mass is 10.9. The average Bonchev–Trinajstić information content (AvgIpc) is 2.68. The van der Waals surface area contributed by atoms with Gasteiger partial charge < -0.3 is 36.2 Å². The number of hydrogen-bond donors (Lipinski definition) is 0. The molecule has 1 aliphatic heterocycles. The summed E-state index contributed by atoms with van der Waals surface area (Å²) in [7, 11) is -13.4. The van der Waals surface area contributed by atoms with Gasteiger partial charge in [0.15, 0.2) is 0 Å². The van der Waals surface area contributed by atoms with Crippen molar-refractivity contribution in [2.75, 3.05) is 52.9 Å². The molecule has 16 heteroatoms. The monoisotopic (exact) mass is 540 g/mol. The third kappa shape index (κ3) is 8.37. The van der Waals surface area contributed by atoms with Gasteiger partial charge in [0.25, 0.3) is 0 Å². The highest BCUT2D eigenvalue weighted by molar-refractivity contribution is 7.78. The highest BCUT2D eigenvalue weighted by atomic mass is 31.3. The molecule has 0 bridgehead atoms. The largest absolute Gasteiger partial charge is 0.349 e. The van der Waals surface area contributed by atoms with Crippen LogP contribution < -0.4 is 0 Å². The lowest BCUT2D eigenvalue weighted by molar-refractivity contribution is 0.235. The van der Waals surface area contributed by atoms with Crippen LogP contribution in [0.3, 0.4) is 0 Å². The van der Waals surface area contributed by atoms with Crippen LogP contribution in [0.15, 0.2) is 18.1 Å². The number of hydrogen-bond acceptors (Lipinski definition) is 12. The van der Waals surface area contributed by atoms with Gasteiger partial charge in [-0.1, -0.05) is 0 Å². The van der Waals surface area contributed by atoms with Gasteiger partial charge in [0.05, 0.1) is 52.9 Å². The fourth-order valence-corrected chi connectivity index (χ4v) is 15.3. The van der Waals surface area contributed by atoms with Gasteiger partial charge in [-0.2, -0.15) is 0 Å². The second-order valence-electron chi connectivity index (χ2n) is 5.66. The molecule has 0 spiro atoms. The van der Waals surface area contributed by atoms with E-state index in [1.54, 1.807) is 0 Å². The molecule has 0 atom stereocenters. The standard InChI is InChI=1S/C16H40N4O8P4/c1-9-21-29(22-10-2)17-30(23-11-3,24-12-4)19-32(27-15-7,28-16-8)20-31(18-29,25-13-5)26-14-6/h9-16H2,1-8H3. The van der Waals surface area contributed by atoms with Gasteiger partial charge in [0.2, 0.25) is 0 Å². The maximum Gasteiger partial charge on any atom is 0.349 e. The minimum absolute atomic E-state index is 0.286. The van der Waals surface area contributed by atoms with Crippen LogP contribution >= 0.6 is 30.6 Å². The smallest absolute Gasteiger partial charge is 0.307 e. The van der Waals surface area contributed by atoms with Crippen LogP contribution in [-0.4, -0.2) is 52.9 Å². The maximum absolute atomic E-state index is 6.03. The Hall–Kier alpha value is 0.600. The highest BCUT2D eigenvalue weighted by Gasteiger charge is 2.42. The lowest BCUT2D eigenvalue weighted by Gasteiger charge is -2.32. The quantitative estimate of drug-likeness (QED) is 0.180. The van der Waals surface area contributed by atoms with Crippen molar-refractivity contribution in [1.82, 2.24) is 0 Å². The second-order valence-corrected chi connectivity index (χ2v) is 14.5. The van der Waals surface area contributed by atoms with Crippen molar-refractivity contribution in [3.05, 3.63) is 0 Å². The molecule has 0 aromatic rings. The minimum Gasteiger partial charge on any atom is -0.307 e. The summed E-state index contributed by atoms with van der Waals surface area (Å²) in [5, 5.41) is 0. The van der Waals surface area contributed by atoms with E-state index in [2.05, 4.69) is 0 Å². The Morgan fingerprint density at radius 3 is 0.531 bits per heavy atom. The summed E-state index contributed by atoms with van der Waals surface area (Å²) in [5.74, 6) is 0. The van der Waals surface area contributed by atoms with Crippen molar-refractivity contribution in [2.24, 2.45) is 18.1 Å². The molecule has 1 heterocycles. The Morgan fingerprint density at radius 2 is 0.438 bits per heavy atom. The van der Waals surface area contributed by atoms with E-state index >= 15 is 0 Å². The van der Waals surface area contributed by atoms with E-state index < -0.39 is 30.6 Å². The molecule has 0 amide bonds. The molecule has 0 aliphatic carbocycles. The summed E-state index contributed by atoms with van der Waals surface area (Å²) in [6.07, 6.45) is 0. The van der Waals surface area contributed by atoms with Gasteiger partial charge in [-0.15, -0.1) is 18.1 Å². The summed E-state index contributed by atoms with van der Waals surface area (Å²) >= 11 is 0. The summed E-state index contributed by atoms with van der Waals surface area (Å²) in [5.41, 5.74) is 0. The van der Waals surface area contributed by atoms with E-state index in [-0.39, 0.29) is 52.9 Å². The van der Waals surface area contributed by atoms with Crippen LogP contribution in [-0.2, 0) is 36.2 Å². The zero-order chi connectivity index (χ0) is 24.1. The summed E-state index contributed by atoms with van der Waals surface area (Å²) in [4.78, 5) is 0. The van der Waals surface area contributed by atoms with Crippen molar-refractivity contribution in [3.63, 3.8) is 0 Å². The van der Waals surface area contributed by atoms with E-state index in [0.717, 1.165) is 0 Å². The third-order valence-corrected chi connectivity index (χ3v) is 15.3. The maximum atomic E-state index is 6.03. The Bertz CT molecular complexity index is 602. The van der Waals surface area contributed by atoms with Crippen LogP contribution in [0.5, 0.6) is 0 Å². The van der Waals surface area contributed by atoms with Gasteiger partial charge in [0.1, 0.15) is 0 Å². The van der Waals surface area contributed by atoms with Crippen molar-refractivity contribution < 1.29 is 36.2 Å². The van der Waals surface area contributed by atoms with Crippen molar-refractivity contribution in [2.45, 2.75) is 55.4 Å². The molecule has 0 saturated carbocycles.